The van der Waals surface area contributed by atoms with Gasteiger partial charge in [0.1, 0.15) is 5.75 Å². The first-order valence-corrected chi connectivity index (χ1v) is 7.52. The van der Waals surface area contributed by atoms with Crippen LogP contribution >= 0.6 is 11.6 Å². The molecular formula is C18H22ClNO. The summed E-state index contributed by atoms with van der Waals surface area (Å²) in [6.45, 7) is 5.84. The Bertz CT molecular complexity index is 581. The maximum atomic E-state index is 6.34. The summed E-state index contributed by atoms with van der Waals surface area (Å²) in [5, 5.41) is 3.83. The van der Waals surface area contributed by atoms with Gasteiger partial charge in [0, 0.05) is 12.0 Å². The highest BCUT2D eigenvalue weighted by atomic mass is 35.5. The third-order valence-electron chi connectivity index (χ3n) is 3.31. The molecule has 0 aliphatic carbocycles. The fraction of sp³-hybridized carbons (Fsp3) is 0.333. The SMILES string of the molecule is CNCC(C)(C)COc1ccc(-c2ccccc2)cc1Cl. The minimum atomic E-state index is 0.0657. The van der Waals surface area contributed by atoms with Gasteiger partial charge in [0.15, 0.2) is 0 Å². The predicted octanol–water partition coefficient (Wildman–Crippen LogP) is 4.63. The lowest BCUT2D eigenvalue weighted by Crippen LogP contribution is -2.32. The number of rotatable bonds is 6. The van der Waals surface area contributed by atoms with E-state index < -0.39 is 0 Å². The Labute approximate surface area is 132 Å². The van der Waals surface area contributed by atoms with Gasteiger partial charge in [0.25, 0.3) is 0 Å². The molecule has 21 heavy (non-hydrogen) atoms. The van der Waals surface area contributed by atoms with Gasteiger partial charge >= 0.3 is 0 Å². The number of hydrogen-bond donors (Lipinski definition) is 1. The van der Waals surface area contributed by atoms with E-state index in [1.54, 1.807) is 0 Å². The quantitative estimate of drug-likeness (QED) is 0.840. The third-order valence-corrected chi connectivity index (χ3v) is 3.61. The maximum Gasteiger partial charge on any atom is 0.137 e. The molecule has 2 rings (SSSR count). The highest BCUT2D eigenvalue weighted by molar-refractivity contribution is 6.32. The molecule has 0 heterocycles. The van der Waals surface area contributed by atoms with Crippen LogP contribution in [0.4, 0.5) is 0 Å². The van der Waals surface area contributed by atoms with Crippen molar-refractivity contribution < 1.29 is 4.74 Å². The van der Waals surface area contributed by atoms with Crippen LogP contribution in [-0.2, 0) is 0 Å². The molecule has 3 heteroatoms. The number of ether oxygens (including phenoxy) is 1. The van der Waals surface area contributed by atoms with Gasteiger partial charge in [0.2, 0.25) is 0 Å². The van der Waals surface area contributed by atoms with Crippen LogP contribution < -0.4 is 10.1 Å². The monoisotopic (exact) mass is 303 g/mol. The van der Waals surface area contributed by atoms with E-state index in [-0.39, 0.29) is 5.41 Å². The van der Waals surface area contributed by atoms with Crippen LogP contribution in [0.5, 0.6) is 5.75 Å². The maximum absolute atomic E-state index is 6.34. The number of hydrogen-bond acceptors (Lipinski definition) is 2. The molecule has 1 N–H and O–H groups in total. The van der Waals surface area contributed by atoms with E-state index in [1.807, 2.05) is 43.4 Å². The van der Waals surface area contributed by atoms with Crippen LogP contribution in [0.15, 0.2) is 48.5 Å². The molecule has 0 saturated carbocycles. The molecule has 2 aromatic rings. The van der Waals surface area contributed by atoms with Gasteiger partial charge in [-0.3, -0.25) is 0 Å². The predicted molar refractivity (Wildman–Crippen MR) is 90.1 cm³/mol. The average molecular weight is 304 g/mol. The summed E-state index contributed by atoms with van der Waals surface area (Å²) >= 11 is 6.34. The topological polar surface area (TPSA) is 21.3 Å². The zero-order chi connectivity index (χ0) is 15.3. The Morgan fingerprint density at radius 3 is 2.38 bits per heavy atom. The fourth-order valence-electron chi connectivity index (χ4n) is 2.23. The van der Waals surface area contributed by atoms with Crippen molar-refractivity contribution in [3.63, 3.8) is 0 Å². The van der Waals surface area contributed by atoms with Gasteiger partial charge in [-0.2, -0.15) is 0 Å². The fourth-order valence-corrected chi connectivity index (χ4v) is 2.47. The first kappa shape index (κ1) is 15.9. The molecule has 0 amide bonds. The van der Waals surface area contributed by atoms with E-state index in [0.717, 1.165) is 23.4 Å². The van der Waals surface area contributed by atoms with Crippen molar-refractivity contribution in [1.82, 2.24) is 5.32 Å². The molecule has 0 aromatic heterocycles. The number of nitrogens with one attached hydrogen (secondary N) is 1. The van der Waals surface area contributed by atoms with Crippen molar-refractivity contribution in [2.75, 3.05) is 20.2 Å². The van der Waals surface area contributed by atoms with E-state index in [0.29, 0.717) is 11.6 Å². The molecule has 0 aliphatic rings. The summed E-state index contributed by atoms with van der Waals surface area (Å²) in [5.74, 6) is 0.737. The zero-order valence-electron chi connectivity index (χ0n) is 12.8. The summed E-state index contributed by atoms with van der Waals surface area (Å²) in [4.78, 5) is 0. The van der Waals surface area contributed by atoms with E-state index >= 15 is 0 Å². The second kappa shape index (κ2) is 6.97. The lowest BCUT2D eigenvalue weighted by molar-refractivity contribution is 0.179. The molecule has 0 saturated heterocycles. The van der Waals surface area contributed by atoms with Crippen LogP contribution in [0.2, 0.25) is 5.02 Å². The Kier molecular flexibility index (Phi) is 5.27. The molecule has 0 bridgehead atoms. The lowest BCUT2D eigenvalue weighted by atomic mass is 9.95. The van der Waals surface area contributed by atoms with Gasteiger partial charge in [-0.05, 0) is 30.3 Å². The Morgan fingerprint density at radius 1 is 1.05 bits per heavy atom. The molecule has 2 aromatic carbocycles. The summed E-state index contributed by atoms with van der Waals surface area (Å²) in [7, 11) is 1.95. The van der Waals surface area contributed by atoms with Gasteiger partial charge in [-0.1, -0.05) is 61.8 Å². The zero-order valence-corrected chi connectivity index (χ0v) is 13.6. The van der Waals surface area contributed by atoms with Crippen LogP contribution in [0.3, 0.4) is 0 Å². The number of halogens is 1. The van der Waals surface area contributed by atoms with E-state index in [2.05, 4.69) is 31.3 Å². The second-order valence-electron chi connectivity index (χ2n) is 5.99. The van der Waals surface area contributed by atoms with Crippen molar-refractivity contribution in [2.45, 2.75) is 13.8 Å². The van der Waals surface area contributed by atoms with Gasteiger partial charge in [-0.25, -0.2) is 0 Å². The molecule has 112 valence electrons. The van der Waals surface area contributed by atoms with Crippen LogP contribution in [0.25, 0.3) is 11.1 Å². The van der Waals surface area contributed by atoms with Gasteiger partial charge in [-0.15, -0.1) is 0 Å². The van der Waals surface area contributed by atoms with Crippen LogP contribution in [-0.4, -0.2) is 20.2 Å². The molecule has 0 spiro atoms. The first-order valence-electron chi connectivity index (χ1n) is 7.14. The van der Waals surface area contributed by atoms with E-state index in [4.69, 9.17) is 16.3 Å². The minimum absolute atomic E-state index is 0.0657. The minimum Gasteiger partial charge on any atom is -0.491 e. The molecule has 0 aliphatic heterocycles. The third kappa shape index (κ3) is 4.48. The normalized spacial score (nSPS) is 11.4. The molecule has 0 radical (unpaired) electrons. The summed E-state index contributed by atoms with van der Waals surface area (Å²) in [5.41, 5.74) is 2.32. The van der Waals surface area contributed by atoms with Gasteiger partial charge < -0.3 is 10.1 Å². The highest BCUT2D eigenvalue weighted by Crippen LogP contribution is 2.31. The molecule has 0 atom stereocenters. The van der Waals surface area contributed by atoms with Crippen molar-refractivity contribution in [1.29, 1.82) is 0 Å². The van der Waals surface area contributed by atoms with Gasteiger partial charge in [0.05, 0.1) is 11.6 Å². The summed E-state index contributed by atoms with van der Waals surface area (Å²) < 4.78 is 5.87. The standard InChI is InChI=1S/C18H22ClNO/c1-18(2,12-20-3)13-21-17-10-9-15(11-16(17)19)14-7-5-4-6-8-14/h4-11,20H,12-13H2,1-3H3. The molecule has 0 fully saturated rings. The van der Waals surface area contributed by atoms with E-state index in [9.17, 15) is 0 Å². The summed E-state index contributed by atoms with van der Waals surface area (Å²) in [6, 6.07) is 16.1. The lowest BCUT2D eigenvalue weighted by Gasteiger charge is -2.24. The Hall–Kier alpha value is -1.51. The van der Waals surface area contributed by atoms with Crippen LogP contribution in [0, 0.1) is 5.41 Å². The number of benzene rings is 2. The first-order chi connectivity index (χ1) is 10.0. The molecule has 2 nitrogen and oxygen atoms in total. The second-order valence-corrected chi connectivity index (χ2v) is 6.40. The smallest absolute Gasteiger partial charge is 0.137 e. The molecular weight excluding hydrogens is 282 g/mol. The van der Waals surface area contributed by atoms with Crippen molar-refractivity contribution in [2.24, 2.45) is 5.41 Å². The van der Waals surface area contributed by atoms with Crippen molar-refractivity contribution >= 4 is 11.6 Å². The average Bonchev–Trinajstić information content (AvgIpc) is 2.47. The van der Waals surface area contributed by atoms with Crippen molar-refractivity contribution in [3.05, 3.63) is 53.6 Å². The highest BCUT2D eigenvalue weighted by Gasteiger charge is 2.18. The Morgan fingerprint density at radius 2 is 1.76 bits per heavy atom. The van der Waals surface area contributed by atoms with E-state index in [1.165, 1.54) is 0 Å². The van der Waals surface area contributed by atoms with Crippen LogP contribution in [0.1, 0.15) is 13.8 Å². The molecule has 0 unspecified atom stereocenters. The van der Waals surface area contributed by atoms with Crippen molar-refractivity contribution in [3.8, 4) is 16.9 Å². The summed E-state index contributed by atoms with van der Waals surface area (Å²) in [6.07, 6.45) is 0. The largest absolute Gasteiger partial charge is 0.491 e. The Balaban J connectivity index is 2.10.